The number of carbonyl (C=O) groups is 1. The van der Waals surface area contributed by atoms with Gasteiger partial charge in [0.2, 0.25) is 0 Å². The smallest absolute Gasteiger partial charge is 0.410 e. The van der Waals surface area contributed by atoms with Crippen molar-refractivity contribution in [3.8, 4) is 0 Å². The molecule has 1 fully saturated rings. The molecule has 0 saturated carbocycles. The second-order valence-corrected chi connectivity index (χ2v) is 8.70. The molecule has 1 saturated heterocycles. The summed E-state index contributed by atoms with van der Waals surface area (Å²) in [6.45, 7) is 11.9. The third-order valence-corrected chi connectivity index (χ3v) is 5.09. The number of aryl methyl sites for hydroxylation is 1. The number of nitrogens with zero attached hydrogens (tertiary/aromatic N) is 5. The number of likely N-dealkylation sites (tertiary alicyclic amines) is 1. The molecule has 2 heterocycles. The fourth-order valence-electron chi connectivity index (χ4n) is 3.55. The number of hydrogen-bond donors (Lipinski definition) is 1. The third kappa shape index (κ3) is 8.69. The van der Waals surface area contributed by atoms with Gasteiger partial charge < -0.3 is 19.9 Å². The van der Waals surface area contributed by atoms with Gasteiger partial charge in [-0.2, -0.15) is 5.10 Å². The highest BCUT2D eigenvalue weighted by Gasteiger charge is 2.27. The van der Waals surface area contributed by atoms with Crippen molar-refractivity contribution < 1.29 is 9.53 Å². The molecule has 0 bridgehead atoms. The van der Waals surface area contributed by atoms with Crippen molar-refractivity contribution in [2.24, 2.45) is 18.0 Å². The molecule has 0 spiro atoms. The van der Waals surface area contributed by atoms with Gasteiger partial charge in [0.15, 0.2) is 5.96 Å². The molecule has 172 valence electrons. The number of rotatable bonds is 6. The van der Waals surface area contributed by atoms with Gasteiger partial charge in [0, 0.05) is 53.0 Å². The molecule has 0 aromatic carbocycles. The molecule has 9 heteroatoms. The Morgan fingerprint density at radius 2 is 2.03 bits per heavy atom. The fraction of sp³-hybridized carbons (Fsp3) is 0.762. The molecule has 8 nitrogen and oxygen atoms in total. The number of hydrogen-bond acceptors (Lipinski definition) is 4. The largest absolute Gasteiger partial charge is 0.444 e. The zero-order chi connectivity index (χ0) is 21.4. The van der Waals surface area contributed by atoms with Crippen LogP contribution in [0.2, 0.25) is 0 Å². The molecule has 1 aliphatic rings. The van der Waals surface area contributed by atoms with Gasteiger partial charge in [-0.1, -0.05) is 0 Å². The highest BCUT2D eigenvalue weighted by atomic mass is 127. The summed E-state index contributed by atoms with van der Waals surface area (Å²) in [7, 11) is 3.77. The van der Waals surface area contributed by atoms with E-state index in [0.29, 0.717) is 12.5 Å². The first-order valence-electron chi connectivity index (χ1n) is 10.6. The Kier molecular flexibility index (Phi) is 10.9. The van der Waals surface area contributed by atoms with E-state index in [0.717, 1.165) is 51.4 Å². The number of carbonyl (C=O) groups excluding carboxylic acids is 1. The van der Waals surface area contributed by atoms with Gasteiger partial charge in [0.05, 0.1) is 6.20 Å². The Morgan fingerprint density at radius 1 is 1.37 bits per heavy atom. The molecule has 1 aromatic rings. The van der Waals surface area contributed by atoms with Gasteiger partial charge >= 0.3 is 6.09 Å². The number of nitrogens with one attached hydrogen (secondary N) is 1. The van der Waals surface area contributed by atoms with E-state index in [1.807, 2.05) is 63.8 Å². The van der Waals surface area contributed by atoms with Crippen molar-refractivity contribution in [3.05, 3.63) is 18.0 Å². The minimum Gasteiger partial charge on any atom is -0.444 e. The summed E-state index contributed by atoms with van der Waals surface area (Å²) in [6, 6.07) is 0. The standard InChI is InChI=1S/C21H38N6O2.HI/c1-7-26(20(28)29-21(2,3)4)16-17-9-12-27(13-10-17)19(22-5)23-11-8-18-14-24-25(6)15-18;/h14-15,17H,7-13,16H2,1-6H3,(H,22,23);1H. The van der Waals surface area contributed by atoms with Crippen molar-refractivity contribution in [2.75, 3.05) is 39.8 Å². The SMILES string of the molecule is CCN(CC1CCN(C(=NC)NCCc2cnn(C)c2)CC1)C(=O)OC(C)(C)C.I. The first-order valence-corrected chi connectivity index (χ1v) is 10.6. The molecule has 1 aromatic heterocycles. The van der Waals surface area contributed by atoms with E-state index in [1.54, 1.807) is 0 Å². The number of piperidine rings is 1. The van der Waals surface area contributed by atoms with Crippen LogP contribution in [0.25, 0.3) is 0 Å². The molecular weight excluding hydrogens is 495 g/mol. The average Bonchev–Trinajstić information content (AvgIpc) is 3.07. The Morgan fingerprint density at radius 3 is 2.53 bits per heavy atom. The number of aromatic nitrogens is 2. The van der Waals surface area contributed by atoms with Crippen LogP contribution in [0.5, 0.6) is 0 Å². The molecular formula is C21H39IN6O2. The van der Waals surface area contributed by atoms with Crippen molar-refractivity contribution in [1.29, 1.82) is 0 Å². The van der Waals surface area contributed by atoms with E-state index in [9.17, 15) is 4.79 Å². The summed E-state index contributed by atoms with van der Waals surface area (Å²) >= 11 is 0. The van der Waals surface area contributed by atoms with E-state index in [2.05, 4.69) is 20.3 Å². The molecule has 1 N–H and O–H groups in total. The van der Waals surface area contributed by atoms with Crippen LogP contribution < -0.4 is 5.32 Å². The van der Waals surface area contributed by atoms with Gasteiger partial charge in [0.25, 0.3) is 0 Å². The lowest BCUT2D eigenvalue weighted by molar-refractivity contribution is 0.0214. The van der Waals surface area contributed by atoms with Crippen molar-refractivity contribution in [2.45, 2.75) is 52.6 Å². The Balaban J connectivity index is 0.00000450. The topological polar surface area (TPSA) is 75.0 Å². The van der Waals surface area contributed by atoms with Gasteiger partial charge in [0.1, 0.15) is 5.60 Å². The fourth-order valence-corrected chi connectivity index (χ4v) is 3.55. The molecule has 0 atom stereocenters. The van der Waals surface area contributed by atoms with Crippen LogP contribution in [0, 0.1) is 5.92 Å². The average molecular weight is 534 g/mol. The third-order valence-electron chi connectivity index (χ3n) is 5.09. The molecule has 2 rings (SSSR count). The van der Waals surface area contributed by atoms with E-state index in [1.165, 1.54) is 5.56 Å². The maximum Gasteiger partial charge on any atom is 0.410 e. The van der Waals surface area contributed by atoms with Gasteiger partial charge in [-0.15, -0.1) is 24.0 Å². The van der Waals surface area contributed by atoms with Gasteiger partial charge in [-0.3, -0.25) is 9.67 Å². The number of halogens is 1. The summed E-state index contributed by atoms with van der Waals surface area (Å²) in [6.07, 6.45) is 6.74. The second kappa shape index (κ2) is 12.4. The zero-order valence-corrected chi connectivity index (χ0v) is 21.7. The summed E-state index contributed by atoms with van der Waals surface area (Å²) < 4.78 is 7.36. The number of guanidine groups is 1. The predicted molar refractivity (Wildman–Crippen MR) is 131 cm³/mol. The van der Waals surface area contributed by atoms with Crippen molar-refractivity contribution >= 4 is 36.0 Å². The van der Waals surface area contributed by atoms with Crippen LogP contribution >= 0.6 is 24.0 Å². The lowest BCUT2D eigenvalue weighted by atomic mass is 9.96. The minimum atomic E-state index is -0.457. The van der Waals surface area contributed by atoms with Crippen LogP contribution in [0.15, 0.2) is 17.4 Å². The monoisotopic (exact) mass is 534 g/mol. The molecule has 0 radical (unpaired) electrons. The predicted octanol–water partition coefficient (Wildman–Crippen LogP) is 3.13. The molecule has 1 aliphatic heterocycles. The highest BCUT2D eigenvalue weighted by Crippen LogP contribution is 2.20. The van der Waals surface area contributed by atoms with Gasteiger partial charge in [-0.25, -0.2) is 4.79 Å². The molecule has 1 amide bonds. The normalized spacial score (nSPS) is 15.5. The lowest BCUT2D eigenvalue weighted by Gasteiger charge is -2.36. The highest BCUT2D eigenvalue weighted by molar-refractivity contribution is 14.0. The summed E-state index contributed by atoms with van der Waals surface area (Å²) in [4.78, 5) is 21.0. The van der Waals surface area contributed by atoms with E-state index in [4.69, 9.17) is 4.74 Å². The van der Waals surface area contributed by atoms with Crippen LogP contribution in [-0.2, 0) is 18.2 Å². The Bertz CT molecular complexity index is 677. The first-order chi connectivity index (χ1) is 13.7. The Labute approximate surface area is 198 Å². The van der Waals surface area contributed by atoms with E-state index >= 15 is 0 Å². The minimum absolute atomic E-state index is 0. The summed E-state index contributed by atoms with van der Waals surface area (Å²) in [5.41, 5.74) is 0.762. The van der Waals surface area contributed by atoms with Gasteiger partial charge in [-0.05, 0) is 58.4 Å². The van der Waals surface area contributed by atoms with Crippen LogP contribution in [0.1, 0.15) is 46.1 Å². The molecule has 0 aliphatic carbocycles. The second-order valence-electron chi connectivity index (χ2n) is 8.70. The van der Waals surface area contributed by atoms with E-state index < -0.39 is 5.60 Å². The summed E-state index contributed by atoms with van der Waals surface area (Å²) in [5.74, 6) is 1.44. The maximum atomic E-state index is 12.4. The summed E-state index contributed by atoms with van der Waals surface area (Å²) in [5, 5.41) is 7.67. The maximum absolute atomic E-state index is 12.4. The number of aliphatic imine (C=N–C) groups is 1. The van der Waals surface area contributed by atoms with Crippen molar-refractivity contribution in [1.82, 2.24) is 24.9 Å². The molecule has 30 heavy (non-hydrogen) atoms. The first kappa shape index (κ1) is 26.5. The van der Waals surface area contributed by atoms with E-state index in [-0.39, 0.29) is 30.1 Å². The van der Waals surface area contributed by atoms with Crippen LogP contribution in [-0.4, -0.2) is 77.0 Å². The molecule has 0 unspecified atom stereocenters. The lowest BCUT2D eigenvalue weighted by Crippen LogP contribution is -2.48. The Hall–Kier alpha value is -1.52. The van der Waals surface area contributed by atoms with Crippen LogP contribution in [0.4, 0.5) is 4.79 Å². The van der Waals surface area contributed by atoms with Crippen LogP contribution in [0.3, 0.4) is 0 Å². The quantitative estimate of drug-likeness (QED) is 0.345. The number of ether oxygens (including phenoxy) is 1. The zero-order valence-electron chi connectivity index (χ0n) is 19.3. The number of amides is 1. The van der Waals surface area contributed by atoms with Crippen molar-refractivity contribution in [3.63, 3.8) is 0 Å².